The summed E-state index contributed by atoms with van der Waals surface area (Å²) in [5.74, 6) is 2.80. The van der Waals surface area contributed by atoms with Crippen molar-refractivity contribution in [3.63, 3.8) is 0 Å². The van der Waals surface area contributed by atoms with Gasteiger partial charge in [0, 0.05) is 16.5 Å². The molecule has 0 fully saturated rings. The van der Waals surface area contributed by atoms with Crippen LogP contribution in [0.1, 0.15) is 0 Å². The molecule has 1 unspecified atom stereocenters. The highest BCUT2D eigenvalue weighted by Crippen LogP contribution is 2.35. The van der Waals surface area contributed by atoms with E-state index in [2.05, 4.69) is 6.26 Å². The quantitative estimate of drug-likeness (QED) is 0.733. The van der Waals surface area contributed by atoms with E-state index in [-0.39, 0.29) is 6.10 Å². The van der Waals surface area contributed by atoms with Crippen molar-refractivity contribution in [2.75, 3.05) is 18.6 Å². The zero-order chi connectivity index (χ0) is 8.39. The van der Waals surface area contributed by atoms with Crippen LogP contribution in [0.15, 0.2) is 10.8 Å². The summed E-state index contributed by atoms with van der Waals surface area (Å²) >= 11 is 3.40. The average molecular weight is 202 g/mol. The van der Waals surface area contributed by atoms with E-state index in [1.165, 1.54) is 0 Å². The highest BCUT2D eigenvalue weighted by molar-refractivity contribution is 7.98. The number of thioether (sulfide) groups is 1. The second-order valence-corrected chi connectivity index (χ2v) is 4.26. The van der Waals surface area contributed by atoms with E-state index >= 15 is 0 Å². The summed E-state index contributed by atoms with van der Waals surface area (Å²) in [6, 6.07) is 0. The molecule has 1 atom stereocenters. The SMILES string of the molecule is CSCC1COc2cscc2O1. The zero-order valence-electron chi connectivity index (χ0n) is 6.78. The van der Waals surface area contributed by atoms with Crippen LogP contribution in [0.5, 0.6) is 11.5 Å². The van der Waals surface area contributed by atoms with Crippen LogP contribution in [0.25, 0.3) is 0 Å². The monoisotopic (exact) mass is 202 g/mol. The minimum Gasteiger partial charge on any atom is -0.485 e. The topological polar surface area (TPSA) is 18.5 Å². The summed E-state index contributed by atoms with van der Waals surface area (Å²) in [4.78, 5) is 0. The molecule has 0 saturated heterocycles. The van der Waals surface area contributed by atoms with Crippen molar-refractivity contribution in [3.05, 3.63) is 10.8 Å². The molecule has 0 bridgehead atoms. The number of thiophene rings is 1. The van der Waals surface area contributed by atoms with Crippen molar-refractivity contribution in [3.8, 4) is 11.5 Å². The van der Waals surface area contributed by atoms with Gasteiger partial charge in [-0.05, 0) is 6.26 Å². The largest absolute Gasteiger partial charge is 0.485 e. The Morgan fingerprint density at radius 1 is 1.58 bits per heavy atom. The Morgan fingerprint density at radius 2 is 2.42 bits per heavy atom. The first-order valence-electron chi connectivity index (χ1n) is 3.74. The lowest BCUT2D eigenvalue weighted by Crippen LogP contribution is -2.30. The Labute approximate surface area is 79.9 Å². The van der Waals surface area contributed by atoms with Crippen LogP contribution in [-0.2, 0) is 0 Å². The van der Waals surface area contributed by atoms with E-state index in [4.69, 9.17) is 9.47 Å². The molecular formula is C8H10O2S2. The first-order valence-corrected chi connectivity index (χ1v) is 6.08. The van der Waals surface area contributed by atoms with Gasteiger partial charge < -0.3 is 9.47 Å². The number of fused-ring (bicyclic) bond motifs is 1. The van der Waals surface area contributed by atoms with Crippen LogP contribution in [0, 0.1) is 0 Å². The van der Waals surface area contributed by atoms with Gasteiger partial charge in [-0.3, -0.25) is 0 Å². The number of rotatable bonds is 2. The van der Waals surface area contributed by atoms with Crippen molar-refractivity contribution in [1.29, 1.82) is 0 Å². The summed E-state index contributed by atoms with van der Waals surface area (Å²) in [5.41, 5.74) is 0. The third-order valence-corrected chi connectivity index (χ3v) is 3.07. The Bertz CT molecular complexity index is 259. The smallest absolute Gasteiger partial charge is 0.172 e. The molecule has 4 heteroatoms. The van der Waals surface area contributed by atoms with Gasteiger partial charge in [0.25, 0.3) is 0 Å². The van der Waals surface area contributed by atoms with Crippen molar-refractivity contribution in [1.82, 2.24) is 0 Å². The zero-order valence-corrected chi connectivity index (χ0v) is 8.41. The van der Waals surface area contributed by atoms with Crippen molar-refractivity contribution in [2.45, 2.75) is 6.10 Å². The summed E-state index contributed by atoms with van der Waals surface area (Å²) in [7, 11) is 0. The molecule has 0 amide bonds. The minimum absolute atomic E-state index is 0.224. The molecule has 0 aromatic carbocycles. The Kier molecular flexibility index (Phi) is 2.46. The lowest BCUT2D eigenvalue weighted by molar-refractivity contribution is 0.109. The van der Waals surface area contributed by atoms with E-state index in [1.807, 2.05) is 10.8 Å². The van der Waals surface area contributed by atoms with Gasteiger partial charge in [0.2, 0.25) is 0 Å². The fourth-order valence-corrected chi connectivity index (χ4v) is 2.34. The van der Waals surface area contributed by atoms with Gasteiger partial charge >= 0.3 is 0 Å². The number of hydrogen-bond donors (Lipinski definition) is 0. The first-order chi connectivity index (χ1) is 5.90. The van der Waals surface area contributed by atoms with Crippen LogP contribution in [0.2, 0.25) is 0 Å². The maximum atomic E-state index is 5.68. The Hall–Kier alpha value is -0.350. The fraction of sp³-hybridized carbons (Fsp3) is 0.500. The van der Waals surface area contributed by atoms with Gasteiger partial charge in [-0.2, -0.15) is 11.8 Å². The van der Waals surface area contributed by atoms with Crippen molar-refractivity contribution in [2.24, 2.45) is 0 Å². The molecule has 1 aliphatic heterocycles. The maximum absolute atomic E-state index is 5.68. The molecule has 0 radical (unpaired) electrons. The highest BCUT2D eigenvalue weighted by atomic mass is 32.2. The van der Waals surface area contributed by atoms with Crippen LogP contribution < -0.4 is 9.47 Å². The van der Waals surface area contributed by atoms with Crippen molar-refractivity contribution < 1.29 is 9.47 Å². The molecule has 1 aliphatic rings. The summed E-state index contributed by atoms with van der Waals surface area (Å²) < 4.78 is 11.2. The van der Waals surface area contributed by atoms with Crippen LogP contribution in [0.4, 0.5) is 0 Å². The van der Waals surface area contributed by atoms with Crippen molar-refractivity contribution >= 4 is 23.1 Å². The molecule has 1 aromatic rings. The molecular weight excluding hydrogens is 192 g/mol. The third kappa shape index (κ3) is 1.54. The maximum Gasteiger partial charge on any atom is 0.172 e. The molecule has 1 aromatic heterocycles. The number of hydrogen-bond acceptors (Lipinski definition) is 4. The lowest BCUT2D eigenvalue weighted by atomic mass is 10.4. The molecule has 12 heavy (non-hydrogen) atoms. The van der Waals surface area contributed by atoms with Crippen LogP contribution in [0.3, 0.4) is 0 Å². The molecule has 2 rings (SSSR count). The second kappa shape index (κ2) is 3.58. The molecule has 2 nitrogen and oxygen atoms in total. The van der Waals surface area contributed by atoms with Crippen LogP contribution in [-0.4, -0.2) is 24.7 Å². The summed E-state index contributed by atoms with van der Waals surface area (Å²) in [6.07, 6.45) is 2.30. The van der Waals surface area contributed by atoms with Gasteiger partial charge in [0.1, 0.15) is 12.7 Å². The van der Waals surface area contributed by atoms with E-state index in [1.54, 1.807) is 23.1 Å². The third-order valence-electron chi connectivity index (χ3n) is 1.66. The van der Waals surface area contributed by atoms with E-state index < -0.39 is 0 Å². The fourth-order valence-electron chi connectivity index (χ4n) is 1.13. The minimum atomic E-state index is 0.224. The van der Waals surface area contributed by atoms with E-state index in [9.17, 15) is 0 Å². The van der Waals surface area contributed by atoms with Crippen LogP contribution >= 0.6 is 23.1 Å². The predicted molar refractivity (Wildman–Crippen MR) is 52.6 cm³/mol. The summed E-state index contributed by atoms with van der Waals surface area (Å²) in [6.45, 7) is 0.685. The van der Waals surface area contributed by atoms with E-state index in [0.717, 1.165) is 17.3 Å². The molecule has 66 valence electrons. The molecule has 0 spiro atoms. The second-order valence-electron chi connectivity index (χ2n) is 2.61. The standard InChI is InChI=1S/C8H10O2S2/c1-11-3-6-2-9-7-4-12-5-8(7)10-6/h4-6H,2-3H2,1H3. The van der Waals surface area contributed by atoms with Gasteiger partial charge in [-0.15, -0.1) is 11.3 Å². The van der Waals surface area contributed by atoms with Gasteiger partial charge in [0.15, 0.2) is 11.5 Å². The molecule has 2 heterocycles. The molecule has 0 N–H and O–H groups in total. The van der Waals surface area contributed by atoms with Gasteiger partial charge in [0.05, 0.1) is 0 Å². The predicted octanol–water partition coefficient (Wildman–Crippen LogP) is 2.25. The number of ether oxygens (including phenoxy) is 2. The normalized spacial score (nSPS) is 20.9. The molecule has 0 aliphatic carbocycles. The highest BCUT2D eigenvalue weighted by Gasteiger charge is 2.20. The lowest BCUT2D eigenvalue weighted by Gasteiger charge is -2.23. The Balaban J connectivity index is 2.05. The molecule has 0 saturated carbocycles. The summed E-state index contributed by atoms with van der Waals surface area (Å²) in [5, 5.41) is 3.96. The first kappa shape index (κ1) is 8.26. The Morgan fingerprint density at radius 3 is 3.25 bits per heavy atom. The van der Waals surface area contributed by atoms with Gasteiger partial charge in [-0.1, -0.05) is 0 Å². The van der Waals surface area contributed by atoms with Gasteiger partial charge in [-0.25, -0.2) is 0 Å². The van der Waals surface area contributed by atoms with E-state index in [0.29, 0.717) is 6.61 Å². The average Bonchev–Trinajstić information content (AvgIpc) is 2.51.